The van der Waals surface area contributed by atoms with Crippen molar-refractivity contribution in [3.05, 3.63) is 34.3 Å². The summed E-state index contributed by atoms with van der Waals surface area (Å²) in [6.45, 7) is 2.96. The van der Waals surface area contributed by atoms with E-state index in [-0.39, 0.29) is 0 Å². The Labute approximate surface area is 111 Å². The van der Waals surface area contributed by atoms with Crippen molar-refractivity contribution in [1.29, 1.82) is 0 Å². The van der Waals surface area contributed by atoms with E-state index < -0.39 is 0 Å². The number of hydrogen-bond donors (Lipinski definition) is 0. The minimum Gasteiger partial charge on any atom is -0.384 e. The van der Waals surface area contributed by atoms with Gasteiger partial charge in [0, 0.05) is 24.1 Å². The summed E-state index contributed by atoms with van der Waals surface area (Å²) >= 11 is 9.50. The molecule has 0 bridgehead atoms. The summed E-state index contributed by atoms with van der Waals surface area (Å²) in [4.78, 5) is 0. The molecule has 0 aliphatic rings. The van der Waals surface area contributed by atoms with Crippen molar-refractivity contribution in [3.8, 4) is 0 Å². The smallest absolute Gasteiger partial charge is 0.0491 e. The molecule has 0 radical (unpaired) electrons. The van der Waals surface area contributed by atoms with Crippen molar-refractivity contribution in [1.82, 2.24) is 0 Å². The zero-order valence-corrected chi connectivity index (χ0v) is 12.1. The van der Waals surface area contributed by atoms with E-state index in [0.29, 0.717) is 17.7 Å². The van der Waals surface area contributed by atoms with Crippen molar-refractivity contribution in [2.75, 3.05) is 19.6 Å². The number of hydrogen-bond acceptors (Lipinski definition) is 1. The number of ether oxygens (including phenoxy) is 1. The van der Waals surface area contributed by atoms with E-state index in [1.54, 1.807) is 7.11 Å². The lowest BCUT2D eigenvalue weighted by atomic mass is 9.90. The van der Waals surface area contributed by atoms with Crippen LogP contribution in [0, 0.1) is 11.8 Å². The molecule has 0 aromatic heterocycles. The second-order valence-corrected chi connectivity index (χ2v) is 5.41. The van der Waals surface area contributed by atoms with E-state index in [1.165, 1.54) is 5.56 Å². The third-order valence-electron chi connectivity index (χ3n) is 2.82. The molecule has 0 aliphatic carbocycles. The molecule has 0 N–H and O–H groups in total. The fourth-order valence-corrected chi connectivity index (χ4v) is 2.63. The molecule has 0 fully saturated rings. The third-order valence-corrected chi connectivity index (χ3v) is 3.71. The Kier molecular flexibility index (Phi) is 6.40. The van der Waals surface area contributed by atoms with E-state index in [2.05, 4.69) is 41.1 Å². The van der Waals surface area contributed by atoms with Gasteiger partial charge in [0.05, 0.1) is 0 Å². The van der Waals surface area contributed by atoms with Gasteiger partial charge in [-0.1, -0.05) is 35.0 Å². The molecule has 2 atom stereocenters. The van der Waals surface area contributed by atoms with Gasteiger partial charge in [-0.15, -0.1) is 11.6 Å². The molecule has 1 aromatic carbocycles. The molecule has 0 spiro atoms. The van der Waals surface area contributed by atoms with Gasteiger partial charge in [0.15, 0.2) is 0 Å². The van der Waals surface area contributed by atoms with Crippen molar-refractivity contribution in [2.45, 2.75) is 13.3 Å². The van der Waals surface area contributed by atoms with E-state index in [4.69, 9.17) is 16.3 Å². The zero-order valence-electron chi connectivity index (χ0n) is 9.75. The van der Waals surface area contributed by atoms with Crippen LogP contribution in [-0.4, -0.2) is 19.6 Å². The highest BCUT2D eigenvalue weighted by atomic mass is 79.9. The molecule has 1 aromatic rings. The second-order valence-electron chi connectivity index (χ2n) is 4.18. The lowest BCUT2D eigenvalue weighted by molar-refractivity contribution is 0.135. The van der Waals surface area contributed by atoms with Gasteiger partial charge in [-0.25, -0.2) is 0 Å². The van der Waals surface area contributed by atoms with Crippen LogP contribution in [0.4, 0.5) is 0 Å². The normalized spacial score (nSPS) is 14.8. The number of benzene rings is 1. The molecule has 1 nitrogen and oxygen atoms in total. The number of rotatable bonds is 6. The Bertz CT molecular complexity index is 317. The average Bonchev–Trinajstić information content (AvgIpc) is 2.26. The van der Waals surface area contributed by atoms with Crippen LogP contribution in [0.1, 0.15) is 12.5 Å². The van der Waals surface area contributed by atoms with Gasteiger partial charge in [0.2, 0.25) is 0 Å². The molecule has 2 unspecified atom stereocenters. The van der Waals surface area contributed by atoms with Crippen LogP contribution in [0.25, 0.3) is 0 Å². The monoisotopic (exact) mass is 304 g/mol. The molecule has 0 saturated heterocycles. The number of alkyl halides is 1. The molecular formula is C13H18BrClO. The number of halogens is 2. The maximum Gasteiger partial charge on any atom is 0.0491 e. The topological polar surface area (TPSA) is 9.23 Å². The van der Waals surface area contributed by atoms with E-state index in [0.717, 1.165) is 17.5 Å². The van der Waals surface area contributed by atoms with Crippen molar-refractivity contribution in [3.63, 3.8) is 0 Å². The van der Waals surface area contributed by atoms with Crippen molar-refractivity contribution >= 4 is 27.5 Å². The first kappa shape index (κ1) is 14.0. The predicted octanol–water partition coefficient (Wildman–Crippen LogP) is 4.13. The molecule has 0 amide bonds. The summed E-state index contributed by atoms with van der Waals surface area (Å²) in [6.07, 6.45) is 1.01. The largest absolute Gasteiger partial charge is 0.384 e. The highest BCUT2D eigenvalue weighted by Gasteiger charge is 2.16. The molecule has 90 valence electrons. The SMILES string of the molecule is COCC(C)C(CCl)Cc1cccc(Br)c1. The Morgan fingerprint density at radius 3 is 2.75 bits per heavy atom. The highest BCUT2D eigenvalue weighted by Crippen LogP contribution is 2.21. The van der Waals surface area contributed by atoms with E-state index in [1.807, 2.05) is 6.07 Å². The zero-order chi connectivity index (χ0) is 12.0. The van der Waals surface area contributed by atoms with Crippen LogP contribution >= 0.6 is 27.5 Å². The van der Waals surface area contributed by atoms with Crippen LogP contribution in [0.5, 0.6) is 0 Å². The lowest BCUT2D eigenvalue weighted by Crippen LogP contribution is -2.20. The van der Waals surface area contributed by atoms with Crippen LogP contribution in [0.3, 0.4) is 0 Å². The maximum atomic E-state index is 6.02. The van der Waals surface area contributed by atoms with Crippen molar-refractivity contribution in [2.24, 2.45) is 11.8 Å². The Hall–Kier alpha value is -0.0500. The molecule has 3 heteroatoms. The Morgan fingerprint density at radius 1 is 1.44 bits per heavy atom. The van der Waals surface area contributed by atoms with E-state index >= 15 is 0 Å². The Morgan fingerprint density at radius 2 is 2.19 bits per heavy atom. The standard InChI is InChI=1S/C13H18BrClO/c1-10(9-16-2)12(8-15)6-11-4-3-5-13(14)7-11/h3-5,7,10,12H,6,8-9H2,1-2H3. The molecular weight excluding hydrogens is 287 g/mol. The molecule has 16 heavy (non-hydrogen) atoms. The van der Waals surface area contributed by atoms with Crippen LogP contribution in [0.15, 0.2) is 28.7 Å². The molecule has 0 heterocycles. The minimum absolute atomic E-state index is 0.468. The maximum absolute atomic E-state index is 6.02. The first-order valence-electron chi connectivity index (χ1n) is 5.46. The third kappa shape index (κ3) is 4.44. The lowest BCUT2D eigenvalue weighted by Gasteiger charge is -2.21. The van der Waals surface area contributed by atoms with Gasteiger partial charge in [0.1, 0.15) is 0 Å². The predicted molar refractivity (Wildman–Crippen MR) is 73.1 cm³/mol. The summed E-state index contributed by atoms with van der Waals surface area (Å²) in [5, 5.41) is 0. The summed E-state index contributed by atoms with van der Waals surface area (Å²) in [7, 11) is 1.74. The Balaban J connectivity index is 2.62. The van der Waals surface area contributed by atoms with Gasteiger partial charge in [-0.3, -0.25) is 0 Å². The highest BCUT2D eigenvalue weighted by molar-refractivity contribution is 9.10. The van der Waals surface area contributed by atoms with Crippen molar-refractivity contribution < 1.29 is 4.74 Å². The van der Waals surface area contributed by atoms with Crippen LogP contribution in [0.2, 0.25) is 0 Å². The van der Waals surface area contributed by atoms with Gasteiger partial charge in [-0.05, 0) is 36.0 Å². The fraction of sp³-hybridized carbons (Fsp3) is 0.538. The molecule has 1 rings (SSSR count). The van der Waals surface area contributed by atoms with Gasteiger partial charge in [0.25, 0.3) is 0 Å². The van der Waals surface area contributed by atoms with Crippen LogP contribution in [-0.2, 0) is 11.2 Å². The first-order valence-corrected chi connectivity index (χ1v) is 6.79. The van der Waals surface area contributed by atoms with E-state index in [9.17, 15) is 0 Å². The van der Waals surface area contributed by atoms with Gasteiger partial charge >= 0.3 is 0 Å². The van der Waals surface area contributed by atoms with Gasteiger partial charge in [-0.2, -0.15) is 0 Å². The summed E-state index contributed by atoms with van der Waals surface area (Å²) < 4.78 is 6.30. The summed E-state index contributed by atoms with van der Waals surface area (Å²) in [5.74, 6) is 1.63. The summed E-state index contributed by atoms with van der Waals surface area (Å²) in [6, 6.07) is 8.40. The fourth-order valence-electron chi connectivity index (χ4n) is 1.77. The van der Waals surface area contributed by atoms with Gasteiger partial charge < -0.3 is 4.74 Å². The summed E-state index contributed by atoms with van der Waals surface area (Å²) in [5.41, 5.74) is 1.32. The molecule has 0 saturated carbocycles. The first-order chi connectivity index (χ1) is 7.67. The quantitative estimate of drug-likeness (QED) is 0.718. The van der Waals surface area contributed by atoms with Crippen LogP contribution < -0.4 is 0 Å². The second kappa shape index (κ2) is 7.31. The number of methoxy groups -OCH3 is 1. The minimum atomic E-state index is 0.468. The average molecular weight is 306 g/mol. The molecule has 0 aliphatic heterocycles.